The summed E-state index contributed by atoms with van der Waals surface area (Å²) in [5.74, 6) is 0. The molecule has 0 N–H and O–H groups in total. The summed E-state index contributed by atoms with van der Waals surface area (Å²) in [7, 11) is 0. The molecular weight excluding hydrogens is 242 g/mol. The molecule has 4 heteroatoms. The Morgan fingerprint density at radius 1 is 1.50 bits per heavy atom. The van der Waals surface area contributed by atoms with E-state index >= 15 is 0 Å². The van der Waals surface area contributed by atoms with Crippen molar-refractivity contribution in [2.75, 3.05) is 24.7 Å². The minimum absolute atomic E-state index is 0.618. The van der Waals surface area contributed by atoms with Crippen LogP contribution in [0.3, 0.4) is 0 Å². The van der Waals surface area contributed by atoms with Crippen LogP contribution in [0, 0.1) is 6.92 Å². The smallest absolute Gasteiger partial charge is 0.0956 e. The fourth-order valence-corrected chi connectivity index (χ4v) is 3.70. The monoisotopic (exact) mass is 259 g/mol. The van der Waals surface area contributed by atoms with E-state index in [9.17, 15) is 0 Å². The molecule has 0 aliphatic carbocycles. The molecule has 2 nitrogen and oxygen atoms in total. The summed E-state index contributed by atoms with van der Waals surface area (Å²) in [6.45, 7) is 7.17. The molecule has 0 amide bonds. The third kappa shape index (κ3) is 2.53. The molecule has 1 saturated heterocycles. The van der Waals surface area contributed by atoms with E-state index in [4.69, 9.17) is 16.3 Å². The predicted octanol–water partition coefficient (Wildman–Crippen LogP) is 3.72. The number of nitrogens with zero attached hydrogens (tertiary/aromatic N) is 1. The maximum atomic E-state index is 6.07. The van der Waals surface area contributed by atoms with Crippen molar-refractivity contribution < 1.29 is 4.74 Å². The van der Waals surface area contributed by atoms with Crippen LogP contribution in [0.25, 0.3) is 0 Å². The van der Waals surface area contributed by atoms with Crippen LogP contribution in [0.15, 0.2) is 6.07 Å². The second kappa shape index (κ2) is 5.39. The normalized spacial score (nSPS) is 17.7. The zero-order valence-electron chi connectivity index (χ0n) is 9.83. The largest absolute Gasteiger partial charge is 0.381 e. The van der Waals surface area contributed by atoms with Gasteiger partial charge in [-0.05, 0) is 38.3 Å². The summed E-state index contributed by atoms with van der Waals surface area (Å²) < 4.78 is 6.30. The minimum Gasteiger partial charge on any atom is -0.381 e. The maximum Gasteiger partial charge on any atom is 0.0956 e. The first-order valence-corrected chi connectivity index (χ1v) is 7.02. The Morgan fingerprint density at radius 3 is 2.69 bits per heavy atom. The van der Waals surface area contributed by atoms with Gasteiger partial charge in [0, 0.05) is 25.8 Å². The first-order valence-electron chi connectivity index (χ1n) is 5.82. The topological polar surface area (TPSA) is 12.5 Å². The fraction of sp³-hybridized carbons (Fsp3) is 0.667. The molecule has 1 aliphatic heterocycles. The van der Waals surface area contributed by atoms with Crippen molar-refractivity contribution in [2.24, 2.45) is 0 Å². The molecule has 1 aromatic heterocycles. The molecule has 2 heterocycles. The van der Waals surface area contributed by atoms with Gasteiger partial charge < -0.3 is 9.64 Å². The van der Waals surface area contributed by atoms with E-state index in [-0.39, 0.29) is 0 Å². The zero-order valence-corrected chi connectivity index (χ0v) is 11.4. The van der Waals surface area contributed by atoms with E-state index in [1.165, 1.54) is 10.6 Å². The highest BCUT2D eigenvalue weighted by Crippen LogP contribution is 2.36. The number of halogens is 1. The summed E-state index contributed by atoms with van der Waals surface area (Å²) in [6.07, 6.45) is 2.26. The Morgan fingerprint density at radius 2 is 2.19 bits per heavy atom. The summed E-state index contributed by atoms with van der Waals surface area (Å²) in [4.78, 5) is 2.48. The van der Waals surface area contributed by atoms with E-state index < -0.39 is 0 Å². The molecule has 1 aliphatic rings. The molecule has 0 unspecified atom stereocenters. The average Bonchev–Trinajstić information content (AvgIpc) is 2.61. The molecule has 1 aromatic rings. The van der Waals surface area contributed by atoms with Gasteiger partial charge >= 0.3 is 0 Å². The molecule has 0 bridgehead atoms. The number of thiophene rings is 1. The van der Waals surface area contributed by atoms with Crippen LogP contribution in [0.5, 0.6) is 0 Å². The van der Waals surface area contributed by atoms with Crippen LogP contribution in [-0.4, -0.2) is 25.8 Å². The van der Waals surface area contributed by atoms with Crippen molar-refractivity contribution in [1.29, 1.82) is 0 Å². The standard InChI is InChI=1S/C12H18ClNOS/c1-3-14(10-4-6-15-7-5-10)12-9(2)8-11(13)16-12/h8,10H,3-7H2,1-2H3. The van der Waals surface area contributed by atoms with Crippen LogP contribution in [0.1, 0.15) is 25.3 Å². The molecule has 0 atom stereocenters. The highest BCUT2D eigenvalue weighted by Gasteiger charge is 2.23. The van der Waals surface area contributed by atoms with Gasteiger partial charge in [-0.2, -0.15) is 0 Å². The first kappa shape index (κ1) is 12.2. The van der Waals surface area contributed by atoms with E-state index in [1.54, 1.807) is 11.3 Å². The van der Waals surface area contributed by atoms with Crippen LogP contribution < -0.4 is 4.90 Å². The summed E-state index contributed by atoms with van der Waals surface area (Å²) >= 11 is 7.76. The number of ether oxygens (including phenoxy) is 1. The van der Waals surface area contributed by atoms with E-state index in [0.717, 1.165) is 36.9 Å². The Kier molecular flexibility index (Phi) is 4.11. The molecule has 0 saturated carbocycles. The Labute approximate surface area is 106 Å². The van der Waals surface area contributed by atoms with Gasteiger partial charge in [0.05, 0.1) is 9.34 Å². The van der Waals surface area contributed by atoms with Crippen molar-refractivity contribution in [3.8, 4) is 0 Å². The summed E-state index contributed by atoms with van der Waals surface area (Å²) in [6, 6.07) is 2.68. The number of rotatable bonds is 3. The molecular formula is C12H18ClNOS. The SMILES string of the molecule is CCN(c1sc(Cl)cc1C)C1CCOCC1. The molecule has 0 spiro atoms. The minimum atomic E-state index is 0.618. The highest BCUT2D eigenvalue weighted by atomic mass is 35.5. The lowest BCUT2D eigenvalue weighted by Crippen LogP contribution is -2.39. The third-order valence-corrected chi connectivity index (χ3v) is 4.50. The lowest BCUT2D eigenvalue weighted by Gasteiger charge is -2.34. The number of aryl methyl sites for hydroxylation is 1. The van der Waals surface area contributed by atoms with Crippen LogP contribution in [0.2, 0.25) is 4.34 Å². The van der Waals surface area contributed by atoms with E-state index in [2.05, 4.69) is 24.8 Å². The Hall–Kier alpha value is -0.250. The van der Waals surface area contributed by atoms with Gasteiger partial charge in [0.15, 0.2) is 0 Å². The average molecular weight is 260 g/mol. The van der Waals surface area contributed by atoms with Gasteiger partial charge in [-0.15, -0.1) is 11.3 Å². The molecule has 2 rings (SSSR count). The van der Waals surface area contributed by atoms with Crippen LogP contribution >= 0.6 is 22.9 Å². The third-order valence-electron chi connectivity index (χ3n) is 3.09. The van der Waals surface area contributed by atoms with Crippen LogP contribution in [-0.2, 0) is 4.74 Å². The van der Waals surface area contributed by atoms with E-state index in [0.29, 0.717) is 6.04 Å². The van der Waals surface area contributed by atoms with Crippen molar-refractivity contribution >= 4 is 27.9 Å². The van der Waals surface area contributed by atoms with Crippen molar-refractivity contribution in [3.63, 3.8) is 0 Å². The highest BCUT2D eigenvalue weighted by molar-refractivity contribution is 7.20. The van der Waals surface area contributed by atoms with Crippen molar-refractivity contribution in [2.45, 2.75) is 32.7 Å². The molecule has 90 valence electrons. The number of anilines is 1. The first-order chi connectivity index (χ1) is 7.72. The van der Waals surface area contributed by atoms with E-state index in [1.807, 2.05) is 0 Å². The number of hydrogen-bond donors (Lipinski definition) is 0. The molecule has 0 radical (unpaired) electrons. The fourth-order valence-electron chi connectivity index (χ4n) is 2.28. The van der Waals surface area contributed by atoms with Gasteiger partial charge in [0.25, 0.3) is 0 Å². The van der Waals surface area contributed by atoms with Gasteiger partial charge in [0.1, 0.15) is 0 Å². The number of hydrogen-bond acceptors (Lipinski definition) is 3. The molecule has 0 aromatic carbocycles. The van der Waals surface area contributed by atoms with Gasteiger partial charge in [0.2, 0.25) is 0 Å². The van der Waals surface area contributed by atoms with Crippen molar-refractivity contribution in [3.05, 3.63) is 16.0 Å². The second-order valence-corrected chi connectivity index (χ2v) is 5.83. The van der Waals surface area contributed by atoms with Gasteiger partial charge in [-0.1, -0.05) is 11.6 Å². The molecule has 16 heavy (non-hydrogen) atoms. The van der Waals surface area contributed by atoms with Gasteiger partial charge in [-0.25, -0.2) is 0 Å². The molecule has 1 fully saturated rings. The predicted molar refractivity (Wildman–Crippen MR) is 70.9 cm³/mol. The Bertz CT molecular complexity index is 347. The maximum absolute atomic E-state index is 6.07. The van der Waals surface area contributed by atoms with Crippen molar-refractivity contribution in [1.82, 2.24) is 0 Å². The van der Waals surface area contributed by atoms with Gasteiger partial charge in [-0.3, -0.25) is 0 Å². The van der Waals surface area contributed by atoms with Crippen LogP contribution in [0.4, 0.5) is 5.00 Å². The Balaban J connectivity index is 2.17. The zero-order chi connectivity index (χ0) is 11.5. The lowest BCUT2D eigenvalue weighted by atomic mass is 10.1. The second-order valence-electron chi connectivity index (χ2n) is 4.17. The quantitative estimate of drug-likeness (QED) is 0.821. The summed E-state index contributed by atoms with van der Waals surface area (Å²) in [5, 5.41) is 1.33. The summed E-state index contributed by atoms with van der Waals surface area (Å²) in [5.41, 5.74) is 1.29. The lowest BCUT2D eigenvalue weighted by molar-refractivity contribution is 0.0847.